The fraction of sp³-hybridized carbons (Fsp3) is 0.167. The standard InChI is InChI=1S/C12H10BrNO3/c13-10-9-2-5-15-11(9)7(3-6-17-14)8-1-4-16-12(8)10/h1-2,4-5H,3,6,14H2. The van der Waals surface area contributed by atoms with Crippen LogP contribution in [0.3, 0.4) is 0 Å². The number of fused-ring (bicyclic) bond motifs is 2. The van der Waals surface area contributed by atoms with Crippen LogP contribution in [0.5, 0.6) is 0 Å². The van der Waals surface area contributed by atoms with Gasteiger partial charge in [0.15, 0.2) is 0 Å². The largest absolute Gasteiger partial charge is 0.464 e. The van der Waals surface area contributed by atoms with Gasteiger partial charge in [-0.15, -0.1) is 0 Å². The first kappa shape index (κ1) is 10.8. The van der Waals surface area contributed by atoms with E-state index in [4.69, 9.17) is 14.7 Å². The van der Waals surface area contributed by atoms with Gasteiger partial charge in [-0.05, 0) is 28.1 Å². The molecule has 0 aliphatic carbocycles. The third kappa shape index (κ3) is 1.58. The van der Waals surface area contributed by atoms with Gasteiger partial charge in [0.05, 0.1) is 23.6 Å². The van der Waals surface area contributed by atoms with Crippen molar-refractivity contribution in [2.45, 2.75) is 6.42 Å². The summed E-state index contributed by atoms with van der Waals surface area (Å²) in [5.41, 5.74) is 2.73. The van der Waals surface area contributed by atoms with Crippen LogP contribution in [0.1, 0.15) is 5.56 Å². The normalized spacial score (nSPS) is 11.6. The van der Waals surface area contributed by atoms with Crippen LogP contribution < -0.4 is 5.90 Å². The first-order chi connectivity index (χ1) is 8.33. The molecule has 2 heterocycles. The second kappa shape index (κ2) is 4.18. The first-order valence-electron chi connectivity index (χ1n) is 5.19. The van der Waals surface area contributed by atoms with E-state index in [1.54, 1.807) is 12.5 Å². The van der Waals surface area contributed by atoms with Crippen LogP contribution in [-0.2, 0) is 11.3 Å². The Balaban J connectivity index is 2.35. The van der Waals surface area contributed by atoms with E-state index in [1.165, 1.54) is 0 Å². The van der Waals surface area contributed by atoms with E-state index in [1.807, 2.05) is 12.1 Å². The molecule has 0 saturated heterocycles. The van der Waals surface area contributed by atoms with Gasteiger partial charge in [0.25, 0.3) is 0 Å². The highest BCUT2D eigenvalue weighted by Crippen LogP contribution is 2.37. The molecule has 5 heteroatoms. The molecule has 0 saturated carbocycles. The predicted octanol–water partition coefficient (Wildman–Crippen LogP) is 3.37. The molecule has 17 heavy (non-hydrogen) atoms. The van der Waals surface area contributed by atoms with E-state index in [0.29, 0.717) is 13.0 Å². The number of hydrogen-bond acceptors (Lipinski definition) is 4. The maximum Gasteiger partial charge on any atom is 0.149 e. The molecule has 3 rings (SSSR count). The van der Waals surface area contributed by atoms with Gasteiger partial charge < -0.3 is 13.7 Å². The Bertz CT molecular complexity index is 619. The highest BCUT2D eigenvalue weighted by atomic mass is 79.9. The molecule has 3 aromatic rings. The smallest absolute Gasteiger partial charge is 0.149 e. The molecule has 88 valence electrons. The van der Waals surface area contributed by atoms with Gasteiger partial charge in [-0.25, -0.2) is 5.90 Å². The molecule has 0 aliphatic heterocycles. The molecule has 0 amide bonds. The second-order valence-electron chi connectivity index (χ2n) is 3.74. The lowest BCUT2D eigenvalue weighted by Gasteiger charge is -2.05. The SMILES string of the molecule is NOCCc1c2ccoc2c(Br)c2ccoc12. The van der Waals surface area contributed by atoms with Crippen LogP contribution in [0.15, 0.2) is 38.0 Å². The van der Waals surface area contributed by atoms with Gasteiger partial charge in [0, 0.05) is 22.8 Å². The van der Waals surface area contributed by atoms with Crippen LogP contribution in [0.2, 0.25) is 0 Å². The Hall–Kier alpha value is -1.30. The van der Waals surface area contributed by atoms with Crippen LogP contribution >= 0.6 is 15.9 Å². The average molecular weight is 296 g/mol. The van der Waals surface area contributed by atoms with Gasteiger partial charge in [-0.2, -0.15) is 0 Å². The Kier molecular flexibility index (Phi) is 2.66. The molecule has 1 aromatic carbocycles. The number of furan rings is 2. The molecule has 0 radical (unpaired) electrons. The van der Waals surface area contributed by atoms with E-state index >= 15 is 0 Å². The number of halogens is 1. The van der Waals surface area contributed by atoms with Gasteiger partial charge in [0.2, 0.25) is 0 Å². The van der Waals surface area contributed by atoms with Crippen molar-refractivity contribution >= 4 is 37.9 Å². The van der Waals surface area contributed by atoms with Crippen molar-refractivity contribution in [3.05, 3.63) is 34.7 Å². The number of benzene rings is 1. The highest BCUT2D eigenvalue weighted by molar-refractivity contribution is 9.10. The molecule has 0 spiro atoms. The van der Waals surface area contributed by atoms with Crippen LogP contribution in [-0.4, -0.2) is 6.61 Å². The number of hydrogen-bond donors (Lipinski definition) is 1. The summed E-state index contributed by atoms with van der Waals surface area (Å²) in [4.78, 5) is 4.64. The molecule has 0 fully saturated rings. The van der Waals surface area contributed by atoms with Crippen molar-refractivity contribution in [2.24, 2.45) is 5.90 Å². The predicted molar refractivity (Wildman–Crippen MR) is 67.5 cm³/mol. The monoisotopic (exact) mass is 295 g/mol. The fourth-order valence-corrected chi connectivity index (χ4v) is 2.71. The molecule has 4 nitrogen and oxygen atoms in total. The molecule has 0 unspecified atom stereocenters. The molecule has 2 aromatic heterocycles. The zero-order valence-corrected chi connectivity index (χ0v) is 10.5. The summed E-state index contributed by atoms with van der Waals surface area (Å²) < 4.78 is 11.9. The fourth-order valence-electron chi connectivity index (χ4n) is 2.09. The molecule has 0 bridgehead atoms. The summed E-state index contributed by atoms with van der Waals surface area (Å²) in [5.74, 6) is 5.08. The van der Waals surface area contributed by atoms with Crippen molar-refractivity contribution in [3.63, 3.8) is 0 Å². The van der Waals surface area contributed by atoms with E-state index < -0.39 is 0 Å². The summed E-state index contributed by atoms with van der Waals surface area (Å²) in [7, 11) is 0. The van der Waals surface area contributed by atoms with Gasteiger partial charge in [0.1, 0.15) is 11.2 Å². The summed E-state index contributed by atoms with van der Waals surface area (Å²) in [5, 5.41) is 2.02. The zero-order valence-electron chi connectivity index (χ0n) is 8.90. The van der Waals surface area contributed by atoms with Crippen molar-refractivity contribution in [1.29, 1.82) is 0 Å². The summed E-state index contributed by atoms with van der Waals surface area (Å²) in [6.45, 7) is 0.442. The lowest BCUT2D eigenvalue weighted by atomic mass is 10.0. The lowest BCUT2D eigenvalue weighted by Crippen LogP contribution is -2.04. The average Bonchev–Trinajstić information content (AvgIpc) is 2.97. The topological polar surface area (TPSA) is 61.5 Å². The minimum absolute atomic E-state index is 0.442. The Labute approximate surface area is 105 Å². The van der Waals surface area contributed by atoms with Gasteiger partial charge in [-0.3, -0.25) is 0 Å². The molecule has 0 aliphatic rings. The van der Waals surface area contributed by atoms with Crippen molar-refractivity contribution in [1.82, 2.24) is 0 Å². The van der Waals surface area contributed by atoms with Crippen molar-refractivity contribution < 1.29 is 13.7 Å². The quantitative estimate of drug-likeness (QED) is 0.753. The second-order valence-corrected chi connectivity index (χ2v) is 4.53. The third-order valence-corrected chi connectivity index (χ3v) is 3.62. The Morgan fingerprint density at radius 1 is 1.12 bits per heavy atom. The molecular formula is C12H10BrNO3. The van der Waals surface area contributed by atoms with E-state index in [9.17, 15) is 0 Å². The van der Waals surface area contributed by atoms with Crippen molar-refractivity contribution in [2.75, 3.05) is 6.61 Å². The van der Waals surface area contributed by atoms with Gasteiger partial charge in [-0.1, -0.05) is 0 Å². The van der Waals surface area contributed by atoms with Crippen LogP contribution in [0.25, 0.3) is 21.9 Å². The minimum Gasteiger partial charge on any atom is -0.464 e. The third-order valence-electron chi connectivity index (χ3n) is 2.84. The maximum atomic E-state index is 5.54. The Morgan fingerprint density at radius 3 is 2.59 bits per heavy atom. The van der Waals surface area contributed by atoms with E-state index in [2.05, 4.69) is 20.8 Å². The molecular weight excluding hydrogens is 286 g/mol. The van der Waals surface area contributed by atoms with Crippen molar-refractivity contribution in [3.8, 4) is 0 Å². The maximum absolute atomic E-state index is 5.54. The minimum atomic E-state index is 0.442. The van der Waals surface area contributed by atoms with E-state index in [-0.39, 0.29) is 0 Å². The molecule has 2 N–H and O–H groups in total. The van der Waals surface area contributed by atoms with Gasteiger partial charge >= 0.3 is 0 Å². The Morgan fingerprint density at radius 2 is 1.82 bits per heavy atom. The summed E-state index contributed by atoms with van der Waals surface area (Å²) in [6.07, 6.45) is 4.02. The summed E-state index contributed by atoms with van der Waals surface area (Å²) >= 11 is 3.53. The van der Waals surface area contributed by atoms with E-state index in [0.717, 1.165) is 32.0 Å². The number of nitrogens with two attached hydrogens (primary N) is 1. The highest BCUT2D eigenvalue weighted by Gasteiger charge is 2.16. The number of rotatable bonds is 3. The lowest BCUT2D eigenvalue weighted by molar-refractivity contribution is 0.141. The first-order valence-corrected chi connectivity index (χ1v) is 5.98. The van der Waals surface area contributed by atoms with Crippen LogP contribution in [0, 0.1) is 0 Å². The summed E-state index contributed by atoms with van der Waals surface area (Å²) in [6, 6.07) is 3.84. The van der Waals surface area contributed by atoms with Crippen LogP contribution in [0.4, 0.5) is 0 Å². The zero-order chi connectivity index (χ0) is 11.8. The molecule has 0 atom stereocenters.